The van der Waals surface area contributed by atoms with Crippen LogP contribution in [0.4, 0.5) is 0 Å². The van der Waals surface area contributed by atoms with E-state index in [1.165, 1.54) is 18.4 Å². The minimum atomic E-state index is -0.886. The molecule has 0 radical (unpaired) electrons. The average Bonchev–Trinajstić information content (AvgIpc) is 3.24. The number of dihydropyridines is 1. The van der Waals surface area contributed by atoms with E-state index < -0.39 is 23.8 Å². The highest BCUT2D eigenvalue weighted by Gasteiger charge is 2.47. The molecule has 7 nitrogen and oxygen atoms in total. The summed E-state index contributed by atoms with van der Waals surface area (Å²) >= 11 is 1.46. The molecule has 0 amide bonds. The van der Waals surface area contributed by atoms with Crippen molar-refractivity contribution < 1.29 is 28.6 Å². The Kier molecular flexibility index (Phi) is 7.33. The van der Waals surface area contributed by atoms with Gasteiger partial charge in [-0.25, -0.2) is 4.79 Å². The van der Waals surface area contributed by atoms with Crippen molar-refractivity contribution in [1.29, 1.82) is 0 Å². The van der Waals surface area contributed by atoms with Crippen molar-refractivity contribution in [1.82, 2.24) is 5.32 Å². The highest BCUT2D eigenvalue weighted by molar-refractivity contribution is 7.10. The molecule has 3 atom stereocenters. The van der Waals surface area contributed by atoms with Gasteiger partial charge in [0.25, 0.3) is 0 Å². The molecule has 31 heavy (non-hydrogen) atoms. The van der Waals surface area contributed by atoms with E-state index in [2.05, 4.69) is 5.32 Å². The van der Waals surface area contributed by atoms with Gasteiger partial charge in [-0.15, -0.1) is 11.3 Å². The van der Waals surface area contributed by atoms with Gasteiger partial charge >= 0.3 is 11.9 Å². The Labute approximate surface area is 186 Å². The number of ketones is 1. The van der Waals surface area contributed by atoms with Crippen molar-refractivity contribution in [3.8, 4) is 0 Å². The number of methoxy groups -OCH3 is 1. The maximum absolute atomic E-state index is 13.5. The Morgan fingerprint density at radius 1 is 1.29 bits per heavy atom. The third-order valence-corrected chi connectivity index (χ3v) is 6.50. The molecule has 2 heterocycles. The van der Waals surface area contributed by atoms with E-state index in [9.17, 15) is 14.4 Å². The number of allylic oxidation sites excluding steroid dienone is 3. The summed E-state index contributed by atoms with van der Waals surface area (Å²) in [4.78, 5) is 39.8. The number of rotatable bonds is 7. The van der Waals surface area contributed by atoms with Gasteiger partial charge in [0.15, 0.2) is 5.78 Å². The fourth-order valence-electron chi connectivity index (χ4n) is 4.19. The molecule has 3 rings (SSSR count). The van der Waals surface area contributed by atoms with Gasteiger partial charge in [-0.1, -0.05) is 13.0 Å². The first-order valence-corrected chi connectivity index (χ1v) is 11.3. The summed E-state index contributed by atoms with van der Waals surface area (Å²) in [6.45, 7) is 7.91. The monoisotopic (exact) mass is 447 g/mol. The van der Waals surface area contributed by atoms with Gasteiger partial charge in [0.2, 0.25) is 0 Å². The Morgan fingerprint density at radius 2 is 2.03 bits per heavy atom. The number of carbonyl (C=O) groups is 3. The molecule has 0 fully saturated rings. The van der Waals surface area contributed by atoms with Crippen LogP contribution in [0.5, 0.6) is 0 Å². The molecule has 1 aliphatic heterocycles. The first-order valence-electron chi connectivity index (χ1n) is 10.4. The van der Waals surface area contributed by atoms with Crippen LogP contribution in [0.3, 0.4) is 0 Å². The summed E-state index contributed by atoms with van der Waals surface area (Å²) in [5.74, 6) is -3.01. The Hall–Kier alpha value is -2.45. The molecular formula is C23H29NO6S. The molecule has 1 aromatic rings. The highest BCUT2D eigenvalue weighted by atomic mass is 32.1. The second-order valence-electron chi connectivity index (χ2n) is 8.11. The molecule has 0 unspecified atom stereocenters. The van der Waals surface area contributed by atoms with Crippen LogP contribution < -0.4 is 5.32 Å². The van der Waals surface area contributed by atoms with Crippen LogP contribution in [0.2, 0.25) is 0 Å². The number of Topliss-reactive ketones (excluding diaryl/α,β-unsaturated/α-hetero) is 1. The third-order valence-electron chi connectivity index (χ3n) is 5.56. The van der Waals surface area contributed by atoms with Crippen LogP contribution in [0, 0.1) is 11.8 Å². The van der Waals surface area contributed by atoms with Crippen molar-refractivity contribution >= 4 is 29.1 Å². The van der Waals surface area contributed by atoms with Crippen molar-refractivity contribution in [2.24, 2.45) is 11.8 Å². The molecule has 0 saturated carbocycles. The molecule has 0 bridgehead atoms. The van der Waals surface area contributed by atoms with Gasteiger partial charge in [0.05, 0.1) is 31.3 Å². The van der Waals surface area contributed by atoms with Crippen LogP contribution in [-0.4, -0.2) is 44.1 Å². The molecule has 2 aliphatic rings. The number of hydrogen-bond acceptors (Lipinski definition) is 8. The maximum Gasteiger partial charge on any atom is 0.336 e. The van der Waals surface area contributed by atoms with E-state index in [0.717, 1.165) is 10.6 Å². The lowest BCUT2D eigenvalue weighted by Gasteiger charge is -2.37. The zero-order valence-corrected chi connectivity index (χ0v) is 19.3. The average molecular weight is 448 g/mol. The fraction of sp³-hybridized carbons (Fsp3) is 0.522. The van der Waals surface area contributed by atoms with Crippen LogP contribution in [-0.2, 0) is 28.6 Å². The SMILES string of the molecule is COC(=O)[C@@H]1C(=O)C2=C(C[C@@H]1C)NC(C)=C(C(=O)OCCOC(C)C)[C@@H]2c1cccs1. The third kappa shape index (κ3) is 4.75. The predicted octanol–water partition coefficient (Wildman–Crippen LogP) is 3.33. The summed E-state index contributed by atoms with van der Waals surface area (Å²) < 4.78 is 15.8. The first-order chi connectivity index (χ1) is 14.8. The minimum Gasteiger partial charge on any atom is -0.468 e. The summed E-state index contributed by atoms with van der Waals surface area (Å²) in [7, 11) is 1.29. The molecule has 1 aromatic heterocycles. The van der Waals surface area contributed by atoms with Gasteiger partial charge in [0, 0.05) is 21.8 Å². The van der Waals surface area contributed by atoms with Crippen molar-refractivity contribution in [2.75, 3.05) is 20.3 Å². The zero-order chi connectivity index (χ0) is 22.7. The molecule has 168 valence electrons. The summed E-state index contributed by atoms with van der Waals surface area (Å²) in [5.41, 5.74) is 2.25. The van der Waals surface area contributed by atoms with Gasteiger partial charge in [0.1, 0.15) is 12.5 Å². The fourth-order valence-corrected chi connectivity index (χ4v) is 5.03. The Balaban J connectivity index is 1.96. The highest BCUT2D eigenvalue weighted by Crippen LogP contribution is 2.46. The van der Waals surface area contributed by atoms with Crippen molar-refractivity contribution in [3.05, 3.63) is 44.9 Å². The largest absolute Gasteiger partial charge is 0.468 e. The normalized spacial score (nSPS) is 23.5. The molecule has 0 aromatic carbocycles. The molecular weight excluding hydrogens is 418 g/mol. The second kappa shape index (κ2) is 9.78. The molecule has 8 heteroatoms. The number of hydrogen-bond donors (Lipinski definition) is 1. The molecule has 0 saturated heterocycles. The molecule has 1 aliphatic carbocycles. The van der Waals surface area contributed by atoms with Crippen molar-refractivity contribution in [2.45, 2.75) is 46.1 Å². The maximum atomic E-state index is 13.5. The number of carbonyl (C=O) groups excluding carboxylic acids is 3. The second-order valence-corrected chi connectivity index (χ2v) is 9.09. The van der Waals surface area contributed by atoms with Gasteiger partial charge in [-0.2, -0.15) is 0 Å². The minimum absolute atomic E-state index is 0.0414. The van der Waals surface area contributed by atoms with E-state index in [0.29, 0.717) is 29.9 Å². The topological polar surface area (TPSA) is 90.9 Å². The number of esters is 2. The lowest BCUT2D eigenvalue weighted by atomic mass is 9.70. The molecule has 0 spiro atoms. The van der Waals surface area contributed by atoms with E-state index in [-0.39, 0.29) is 24.4 Å². The molecule has 1 N–H and O–H groups in total. The Bertz CT molecular complexity index is 915. The number of ether oxygens (including phenoxy) is 3. The summed E-state index contributed by atoms with van der Waals surface area (Å²) in [5, 5.41) is 5.15. The predicted molar refractivity (Wildman–Crippen MR) is 116 cm³/mol. The quantitative estimate of drug-likeness (QED) is 0.389. The van der Waals surface area contributed by atoms with E-state index in [1.807, 2.05) is 45.2 Å². The standard InChI is InChI=1S/C23H29NO6S/c1-12(2)29-8-9-30-23(27)18-14(4)24-15-11-13(3)17(22(26)28-5)21(25)19(15)20(18)16-7-6-10-31-16/h6-7,10,12-13,17,20,24H,8-9,11H2,1-5H3/t13-,17-,20-/m0/s1. The van der Waals surface area contributed by atoms with Gasteiger partial charge < -0.3 is 19.5 Å². The van der Waals surface area contributed by atoms with Crippen LogP contribution in [0.15, 0.2) is 40.1 Å². The van der Waals surface area contributed by atoms with Crippen LogP contribution in [0.25, 0.3) is 0 Å². The van der Waals surface area contributed by atoms with Crippen LogP contribution >= 0.6 is 11.3 Å². The Morgan fingerprint density at radius 3 is 2.65 bits per heavy atom. The summed E-state index contributed by atoms with van der Waals surface area (Å²) in [6.07, 6.45) is 0.560. The number of thiophene rings is 1. The van der Waals surface area contributed by atoms with Crippen LogP contribution in [0.1, 0.15) is 44.9 Å². The summed E-state index contributed by atoms with van der Waals surface area (Å²) in [6, 6.07) is 3.77. The van der Waals surface area contributed by atoms with E-state index in [4.69, 9.17) is 14.2 Å². The van der Waals surface area contributed by atoms with Crippen molar-refractivity contribution in [3.63, 3.8) is 0 Å². The van der Waals surface area contributed by atoms with E-state index >= 15 is 0 Å². The lowest BCUT2D eigenvalue weighted by Crippen LogP contribution is -2.43. The van der Waals surface area contributed by atoms with Gasteiger partial charge in [-0.05, 0) is 44.6 Å². The first kappa shape index (κ1) is 23.2. The zero-order valence-electron chi connectivity index (χ0n) is 18.5. The van der Waals surface area contributed by atoms with Gasteiger partial charge in [-0.3, -0.25) is 9.59 Å². The smallest absolute Gasteiger partial charge is 0.336 e. The lowest BCUT2D eigenvalue weighted by molar-refractivity contribution is -0.151. The number of nitrogens with one attached hydrogen (secondary N) is 1. The van der Waals surface area contributed by atoms with E-state index in [1.54, 1.807) is 0 Å².